The maximum absolute atomic E-state index is 13.4. The number of aliphatic hydroxyl groups is 1. The molecule has 1 atom stereocenters. The highest BCUT2D eigenvalue weighted by atomic mass is 16.5. The molecule has 1 N–H and O–H groups in total. The van der Waals surface area contributed by atoms with Crippen LogP contribution < -0.4 is 14.2 Å². The fourth-order valence-corrected chi connectivity index (χ4v) is 4.51. The molecule has 0 spiro atoms. The van der Waals surface area contributed by atoms with E-state index in [0.717, 1.165) is 13.1 Å². The zero-order chi connectivity index (χ0) is 27.7. The lowest BCUT2D eigenvalue weighted by Gasteiger charge is -2.28. The largest absolute Gasteiger partial charge is 0.507 e. The summed E-state index contributed by atoms with van der Waals surface area (Å²) in [6, 6.07) is 11.3. The first-order valence-corrected chi connectivity index (χ1v) is 13.1. The fourth-order valence-electron chi connectivity index (χ4n) is 4.51. The van der Waals surface area contributed by atoms with Gasteiger partial charge in [0.25, 0.3) is 11.7 Å². The van der Waals surface area contributed by atoms with Crippen molar-refractivity contribution in [2.75, 3.05) is 46.0 Å². The van der Waals surface area contributed by atoms with E-state index in [2.05, 4.69) is 25.3 Å². The number of nitrogens with zero attached hydrogens (tertiary/aromatic N) is 2. The van der Waals surface area contributed by atoms with Crippen LogP contribution in [0.1, 0.15) is 44.9 Å². The predicted molar refractivity (Wildman–Crippen MR) is 148 cm³/mol. The van der Waals surface area contributed by atoms with Gasteiger partial charge in [-0.2, -0.15) is 0 Å². The minimum absolute atomic E-state index is 0.0425. The van der Waals surface area contributed by atoms with E-state index in [-0.39, 0.29) is 11.3 Å². The van der Waals surface area contributed by atoms with Gasteiger partial charge in [-0.25, -0.2) is 0 Å². The van der Waals surface area contributed by atoms with Gasteiger partial charge < -0.3 is 29.1 Å². The average Bonchev–Trinajstić information content (AvgIpc) is 3.18. The second-order valence-corrected chi connectivity index (χ2v) is 8.72. The number of carbonyl (C=O) groups is 2. The van der Waals surface area contributed by atoms with E-state index >= 15 is 0 Å². The molecule has 2 aromatic carbocycles. The first-order valence-electron chi connectivity index (χ1n) is 13.1. The number of ketones is 1. The number of hydrogen-bond donors (Lipinski definition) is 1. The van der Waals surface area contributed by atoms with Gasteiger partial charge in [0.2, 0.25) is 0 Å². The van der Waals surface area contributed by atoms with Crippen molar-refractivity contribution in [3.8, 4) is 17.2 Å². The van der Waals surface area contributed by atoms with Crippen molar-refractivity contribution in [3.05, 3.63) is 71.8 Å². The predicted octanol–water partition coefficient (Wildman–Crippen LogP) is 4.81. The Hall–Kier alpha value is -3.78. The maximum Gasteiger partial charge on any atom is 0.295 e. The van der Waals surface area contributed by atoms with Gasteiger partial charge in [0.15, 0.2) is 11.5 Å². The molecule has 0 aliphatic carbocycles. The molecule has 2 aromatic rings. The first-order chi connectivity index (χ1) is 18.4. The smallest absolute Gasteiger partial charge is 0.295 e. The summed E-state index contributed by atoms with van der Waals surface area (Å²) in [6.45, 7) is 15.3. The van der Waals surface area contributed by atoms with Crippen molar-refractivity contribution in [1.82, 2.24) is 9.80 Å². The van der Waals surface area contributed by atoms with Crippen LogP contribution in [0.3, 0.4) is 0 Å². The van der Waals surface area contributed by atoms with Crippen molar-refractivity contribution in [1.29, 1.82) is 0 Å². The Balaban J connectivity index is 2.12. The quantitative estimate of drug-likeness (QED) is 0.165. The molecule has 1 saturated heterocycles. The van der Waals surface area contributed by atoms with Crippen molar-refractivity contribution >= 4 is 17.4 Å². The number of rotatable bonds is 14. The number of amides is 1. The van der Waals surface area contributed by atoms with Crippen LogP contribution in [0.15, 0.2) is 60.7 Å². The zero-order valence-electron chi connectivity index (χ0n) is 22.7. The number of likely N-dealkylation sites (N-methyl/N-ethyl adjacent to an activating group) is 1. The van der Waals surface area contributed by atoms with Crippen LogP contribution in [0, 0.1) is 0 Å². The molecule has 3 rings (SSSR count). The molecule has 8 nitrogen and oxygen atoms in total. The van der Waals surface area contributed by atoms with Crippen LogP contribution in [-0.2, 0) is 9.59 Å². The molecule has 8 heteroatoms. The van der Waals surface area contributed by atoms with Crippen LogP contribution in [-0.4, -0.2) is 72.6 Å². The Morgan fingerprint density at radius 2 is 1.66 bits per heavy atom. The minimum Gasteiger partial charge on any atom is -0.507 e. The minimum atomic E-state index is -0.787. The van der Waals surface area contributed by atoms with Gasteiger partial charge in [-0.1, -0.05) is 32.6 Å². The van der Waals surface area contributed by atoms with E-state index in [4.69, 9.17) is 14.2 Å². The number of aliphatic hydroxyl groups excluding tert-OH is 1. The van der Waals surface area contributed by atoms with E-state index in [9.17, 15) is 14.7 Å². The Labute approximate surface area is 225 Å². The van der Waals surface area contributed by atoms with Gasteiger partial charge in [0.05, 0.1) is 24.8 Å². The van der Waals surface area contributed by atoms with Crippen molar-refractivity contribution < 1.29 is 28.9 Å². The van der Waals surface area contributed by atoms with E-state index in [1.165, 1.54) is 4.90 Å². The zero-order valence-corrected chi connectivity index (χ0v) is 22.7. The number of ether oxygens (including phenoxy) is 3. The lowest BCUT2D eigenvalue weighted by molar-refractivity contribution is -0.140. The van der Waals surface area contributed by atoms with Gasteiger partial charge in [-0.15, -0.1) is 0 Å². The molecule has 1 aliphatic rings. The number of Topliss-reactive ketones (excluding diaryl/α,β-unsaturated/α-hetero) is 1. The molecule has 1 unspecified atom stereocenters. The second kappa shape index (κ2) is 13.7. The average molecular weight is 523 g/mol. The molecule has 1 aliphatic heterocycles. The van der Waals surface area contributed by atoms with E-state index in [0.29, 0.717) is 61.3 Å². The highest BCUT2D eigenvalue weighted by Crippen LogP contribution is 2.42. The van der Waals surface area contributed by atoms with E-state index < -0.39 is 17.7 Å². The number of benzene rings is 2. The summed E-state index contributed by atoms with van der Waals surface area (Å²) < 4.78 is 17.1. The van der Waals surface area contributed by atoms with E-state index in [1.54, 1.807) is 48.5 Å². The summed E-state index contributed by atoms with van der Waals surface area (Å²) in [5.74, 6) is 0.0817. The van der Waals surface area contributed by atoms with Gasteiger partial charge in [-0.05, 0) is 68.9 Å². The number of likely N-dealkylation sites (tertiary alicyclic amines) is 1. The summed E-state index contributed by atoms with van der Waals surface area (Å²) in [7, 11) is 0. The first kappa shape index (κ1) is 28.8. The Morgan fingerprint density at radius 3 is 2.26 bits per heavy atom. The lowest BCUT2D eigenvalue weighted by Crippen LogP contribution is -2.38. The lowest BCUT2D eigenvalue weighted by atomic mass is 9.95. The van der Waals surface area contributed by atoms with Crippen molar-refractivity contribution in [3.63, 3.8) is 0 Å². The number of carbonyl (C=O) groups excluding carboxylic acids is 2. The standard InChI is InChI=1S/C30H38N2O6/c1-6-19-38-24-16-13-22(20-25(24)37-10-5)27-26(28(33)21-11-14-23(15-12-21)36-9-4)29(34)30(35)32(27)18-17-31(7-2)8-3/h6,11-16,20,27,33H,1,7-10,17-19H2,2-5H3/b28-26+. The van der Waals surface area contributed by atoms with Gasteiger partial charge in [-0.3, -0.25) is 9.59 Å². The third-order valence-electron chi connectivity index (χ3n) is 6.47. The number of hydrogen-bond acceptors (Lipinski definition) is 7. The molecule has 38 heavy (non-hydrogen) atoms. The molecular weight excluding hydrogens is 484 g/mol. The molecular formula is C30H38N2O6. The highest BCUT2D eigenvalue weighted by molar-refractivity contribution is 6.46. The topological polar surface area (TPSA) is 88.5 Å². The maximum atomic E-state index is 13.4. The van der Waals surface area contributed by atoms with Gasteiger partial charge >= 0.3 is 0 Å². The molecule has 1 amide bonds. The highest BCUT2D eigenvalue weighted by Gasteiger charge is 2.46. The van der Waals surface area contributed by atoms with E-state index in [1.807, 2.05) is 13.8 Å². The Bertz CT molecular complexity index is 1150. The van der Waals surface area contributed by atoms with Crippen LogP contribution in [0.5, 0.6) is 17.2 Å². The van der Waals surface area contributed by atoms with Crippen molar-refractivity contribution in [2.45, 2.75) is 33.7 Å². The summed E-state index contributed by atoms with van der Waals surface area (Å²) in [4.78, 5) is 30.4. The molecule has 1 heterocycles. The normalized spacial score (nSPS) is 16.7. The van der Waals surface area contributed by atoms with Crippen LogP contribution in [0.2, 0.25) is 0 Å². The summed E-state index contributed by atoms with van der Waals surface area (Å²) in [5.41, 5.74) is 1.11. The molecule has 0 saturated carbocycles. The van der Waals surface area contributed by atoms with Gasteiger partial charge in [0.1, 0.15) is 18.1 Å². The van der Waals surface area contributed by atoms with Crippen LogP contribution in [0.25, 0.3) is 5.76 Å². The summed E-state index contributed by atoms with van der Waals surface area (Å²) in [5, 5.41) is 11.4. The summed E-state index contributed by atoms with van der Waals surface area (Å²) in [6.07, 6.45) is 1.64. The van der Waals surface area contributed by atoms with Crippen LogP contribution in [0.4, 0.5) is 0 Å². The molecule has 0 bridgehead atoms. The van der Waals surface area contributed by atoms with Crippen molar-refractivity contribution in [2.24, 2.45) is 0 Å². The Kier molecular flexibility index (Phi) is 10.4. The second-order valence-electron chi connectivity index (χ2n) is 8.72. The monoisotopic (exact) mass is 522 g/mol. The molecule has 1 fully saturated rings. The van der Waals surface area contributed by atoms with Gasteiger partial charge in [0, 0.05) is 18.7 Å². The Morgan fingerprint density at radius 1 is 0.974 bits per heavy atom. The fraction of sp³-hybridized carbons (Fsp3) is 0.400. The van der Waals surface area contributed by atoms with Crippen LogP contribution >= 0.6 is 0 Å². The molecule has 0 aromatic heterocycles. The SMILES string of the molecule is C=CCOc1ccc(C2/C(=C(\O)c3ccc(OCC)cc3)C(=O)C(=O)N2CCN(CC)CC)cc1OCC. The summed E-state index contributed by atoms with van der Waals surface area (Å²) >= 11 is 0. The molecule has 0 radical (unpaired) electrons. The third-order valence-corrected chi connectivity index (χ3v) is 6.47. The molecule has 204 valence electrons. The third kappa shape index (κ3) is 6.37.